The summed E-state index contributed by atoms with van der Waals surface area (Å²) in [5.74, 6) is -0.348. The maximum absolute atomic E-state index is 10.7. The molecule has 28 heavy (non-hydrogen) atoms. The monoisotopic (exact) mass is 391 g/mol. The summed E-state index contributed by atoms with van der Waals surface area (Å²) < 4.78 is 0. The van der Waals surface area contributed by atoms with Crippen LogP contribution in [0.2, 0.25) is 0 Å². The van der Waals surface area contributed by atoms with E-state index >= 15 is 0 Å². The fourth-order valence-electron chi connectivity index (χ4n) is 2.91. The number of carboxylic acid groups (broad SMARTS) is 1. The van der Waals surface area contributed by atoms with Gasteiger partial charge in [-0.1, -0.05) is 42.1 Å². The highest BCUT2D eigenvalue weighted by Crippen LogP contribution is 2.29. The van der Waals surface area contributed by atoms with Crippen molar-refractivity contribution in [3.8, 4) is 33.8 Å². The number of aromatic nitrogens is 5. The highest BCUT2D eigenvalue weighted by Gasteiger charge is 2.10. The van der Waals surface area contributed by atoms with Crippen LogP contribution in [0.25, 0.3) is 33.8 Å². The van der Waals surface area contributed by atoms with Gasteiger partial charge < -0.3 is 5.11 Å². The van der Waals surface area contributed by atoms with Crippen LogP contribution < -0.4 is 0 Å². The Labute approximate surface area is 165 Å². The minimum Gasteiger partial charge on any atom is -0.481 e. The molecule has 0 radical (unpaired) electrons. The molecule has 0 saturated carbocycles. The molecule has 0 bridgehead atoms. The largest absolute Gasteiger partial charge is 0.481 e. The van der Waals surface area contributed by atoms with Crippen LogP contribution in [0.15, 0.2) is 59.9 Å². The molecule has 140 valence electrons. The van der Waals surface area contributed by atoms with E-state index < -0.39 is 5.97 Å². The van der Waals surface area contributed by atoms with Gasteiger partial charge in [0.05, 0.1) is 11.4 Å². The van der Waals surface area contributed by atoms with Crippen LogP contribution in [-0.4, -0.2) is 42.2 Å². The Morgan fingerprint density at radius 2 is 1.75 bits per heavy atom. The number of hydrogen-bond donors (Lipinski definition) is 3. The fraction of sp³-hybridized carbons (Fsp3) is 0.100. The SMILES string of the molecule is Cc1cc(-c2ccc(-c3ccn[nH]3)cc2)cc(-c2nc(SCC(=O)O)n[nH]2)c1. The summed E-state index contributed by atoms with van der Waals surface area (Å²) in [6.45, 7) is 2.03. The first-order valence-electron chi connectivity index (χ1n) is 8.58. The zero-order valence-electron chi connectivity index (χ0n) is 15.0. The summed E-state index contributed by atoms with van der Waals surface area (Å²) in [4.78, 5) is 15.1. The minimum atomic E-state index is -0.896. The molecule has 4 rings (SSSR count). The van der Waals surface area contributed by atoms with Crippen molar-refractivity contribution < 1.29 is 9.90 Å². The summed E-state index contributed by atoms with van der Waals surface area (Å²) in [5.41, 5.74) is 6.22. The summed E-state index contributed by atoms with van der Waals surface area (Å²) in [5, 5.41) is 23.1. The molecule has 0 atom stereocenters. The van der Waals surface area contributed by atoms with E-state index in [-0.39, 0.29) is 5.75 Å². The smallest absolute Gasteiger partial charge is 0.313 e. The topological polar surface area (TPSA) is 108 Å². The molecule has 2 aromatic carbocycles. The number of H-pyrrole nitrogens is 2. The molecule has 0 aliphatic heterocycles. The predicted molar refractivity (Wildman–Crippen MR) is 108 cm³/mol. The molecule has 0 fully saturated rings. The molecule has 3 N–H and O–H groups in total. The third kappa shape index (κ3) is 3.96. The zero-order valence-corrected chi connectivity index (χ0v) is 15.8. The molecule has 0 amide bonds. The van der Waals surface area contributed by atoms with Gasteiger partial charge in [0.1, 0.15) is 0 Å². The number of aliphatic carboxylic acids is 1. The van der Waals surface area contributed by atoms with E-state index in [0.717, 1.165) is 45.3 Å². The zero-order chi connectivity index (χ0) is 19.5. The highest BCUT2D eigenvalue weighted by atomic mass is 32.2. The fourth-order valence-corrected chi connectivity index (χ4v) is 3.43. The lowest BCUT2D eigenvalue weighted by molar-refractivity contribution is -0.133. The van der Waals surface area contributed by atoms with Gasteiger partial charge in [-0.05, 0) is 47.4 Å². The van der Waals surface area contributed by atoms with Crippen LogP contribution in [0.1, 0.15) is 5.56 Å². The van der Waals surface area contributed by atoms with Gasteiger partial charge in [-0.15, -0.1) is 5.10 Å². The molecule has 0 unspecified atom stereocenters. The maximum atomic E-state index is 10.7. The van der Waals surface area contributed by atoms with Crippen molar-refractivity contribution in [1.29, 1.82) is 0 Å². The van der Waals surface area contributed by atoms with E-state index in [2.05, 4.69) is 55.7 Å². The van der Waals surface area contributed by atoms with Crippen LogP contribution in [0, 0.1) is 6.92 Å². The lowest BCUT2D eigenvalue weighted by Gasteiger charge is -2.07. The summed E-state index contributed by atoms with van der Waals surface area (Å²) >= 11 is 1.09. The summed E-state index contributed by atoms with van der Waals surface area (Å²) in [6.07, 6.45) is 1.73. The maximum Gasteiger partial charge on any atom is 0.313 e. The van der Waals surface area contributed by atoms with Crippen molar-refractivity contribution in [3.05, 3.63) is 60.3 Å². The van der Waals surface area contributed by atoms with Gasteiger partial charge in [0.2, 0.25) is 5.16 Å². The third-order valence-corrected chi connectivity index (χ3v) is 5.00. The first kappa shape index (κ1) is 18.0. The van der Waals surface area contributed by atoms with Gasteiger partial charge in [-0.2, -0.15) is 5.10 Å². The van der Waals surface area contributed by atoms with Gasteiger partial charge in [-0.3, -0.25) is 15.0 Å². The average Bonchev–Trinajstić information content (AvgIpc) is 3.38. The number of thioether (sulfide) groups is 1. The van der Waals surface area contributed by atoms with Gasteiger partial charge in [0.25, 0.3) is 0 Å². The summed E-state index contributed by atoms with van der Waals surface area (Å²) in [7, 11) is 0. The average molecular weight is 391 g/mol. The van der Waals surface area contributed by atoms with Gasteiger partial charge in [-0.25, -0.2) is 4.98 Å². The van der Waals surface area contributed by atoms with E-state index in [4.69, 9.17) is 5.11 Å². The van der Waals surface area contributed by atoms with Crippen molar-refractivity contribution in [2.45, 2.75) is 12.1 Å². The van der Waals surface area contributed by atoms with Crippen molar-refractivity contribution in [2.75, 3.05) is 5.75 Å². The lowest BCUT2D eigenvalue weighted by Crippen LogP contribution is -1.97. The first-order chi connectivity index (χ1) is 13.6. The Balaban J connectivity index is 1.61. The molecule has 2 heterocycles. The number of aromatic amines is 2. The van der Waals surface area contributed by atoms with E-state index in [1.54, 1.807) is 6.20 Å². The highest BCUT2D eigenvalue weighted by molar-refractivity contribution is 7.99. The lowest BCUT2D eigenvalue weighted by atomic mass is 9.98. The Hall–Kier alpha value is -3.39. The number of carbonyl (C=O) groups is 1. The molecule has 7 nitrogen and oxygen atoms in total. The molecule has 4 aromatic rings. The number of carboxylic acids is 1. The molecule has 8 heteroatoms. The quantitative estimate of drug-likeness (QED) is 0.429. The van der Waals surface area contributed by atoms with Crippen molar-refractivity contribution in [2.24, 2.45) is 0 Å². The predicted octanol–water partition coefficient (Wildman–Crippen LogP) is 4.01. The Bertz CT molecular complexity index is 1100. The molecule has 0 saturated heterocycles. The van der Waals surface area contributed by atoms with Gasteiger partial charge in [0.15, 0.2) is 5.82 Å². The van der Waals surface area contributed by atoms with Crippen LogP contribution in [0.4, 0.5) is 0 Å². The number of aryl methyl sites for hydroxylation is 1. The standard InChI is InChI=1S/C20H17N5O2S/c1-12-8-15(13-2-4-14(5-3-13)17-6-7-21-23-17)10-16(9-12)19-22-20(25-24-19)28-11-18(26)27/h2-10H,11H2,1H3,(H,21,23)(H,26,27)(H,22,24,25). The molecule has 2 aromatic heterocycles. The van der Waals surface area contributed by atoms with Crippen LogP contribution >= 0.6 is 11.8 Å². The third-order valence-electron chi connectivity index (χ3n) is 4.17. The molecule has 0 spiro atoms. The Kier molecular flexibility index (Phi) is 4.94. The van der Waals surface area contributed by atoms with E-state index in [9.17, 15) is 4.79 Å². The van der Waals surface area contributed by atoms with Crippen LogP contribution in [-0.2, 0) is 4.79 Å². The second-order valence-corrected chi connectivity index (χ2v) is 7.23. The molecular formula is C20H17N5O2S. The van der Waals surface area contributed by atoms with Crippen molar-refractivity contribution in [3.63, 3.8) is 0 Å². The molecule has 0 aliphatic carbocycles. The minimum absolute atomic E-state index is 0.0704. The number of rotatable bonds is 6. The first-order valence-corrected chi connectivity index (χ1v) is 9.56. The van der Waals surface area contributed by atoms with Crippen molar-refractivity contribution >= 4 is 17.7 Å². The van der Waals surface area contributed by atoms with E-state index in [1.807, 2.05) is 25.1 Å². The second-order valence-electron chi connectivity index (χ2n) is 6.28. The number of nitrogens with zero attached hydrogens (tertiary/aromatic N) is 3. The molecular weight excluding hydrogens is 374 g/mol. The van der Waals surface area contributed by atoms with Crippen molar-refractivity contribution in [1.82, 2.24) is 25.4 Å². The number of nitrogens with one attached hydrogen (secondary N) is 2. The van der Waals surface area contributed by atoms with Gasteiger partial charge >= 0.3 is 5.97 Å². The Morgan fingerprint density at radius 1 is 1.00 bits per heavy atom. The number of benzene rings is 2. The molecule has 0 aliphatic rings. The van der Waals surface area contributed by atoms with E-state index in [0.29, 0.717) is 11.0 Å². The normalized spacial score (nSPS) is 10.9. The number of hydrogen-bond acceptors (Lipinski definition) is 5. The Morgan fingerprint density at radius 3 is 2.46 bits per heavy atom. The van der Waals surface area contributed by atoms with E-state index in [1.165, 1.54) is 0 Å². The van der Waals surface area contributed by atoms with Gasteiger partial charge in [0, 0.05) is 11.8 Å². The summed E-state index contributed by atoms with van der Waals surface area (Å²) in [6, 6.07) is 16.4. The second kappa shape index (κ2) is 7.69. The van der Waals surface area contributed by atoms with Crippen LogP contribution in [0.5, 0.6) is 0 Å². The van der Waals surface area contributed by atoms with Crippen LogP contribution in [0.3, 0.4) is 0 Å².